The molecule has 0 aliphatic carbocycles. The van der Waals surface area contributed by atoms with Crippen LogP contribution in [0.4, 0.5) is 4.39 Å². The van der Waals surface area contributed by atoms with Gasteiger partial charge in [-0.1, -0.05) is 18.2 Å². The summed E-state index contributed by atoms with van der Waals surface area (Å²) < 4.78 is 13.6. The van der Waals surface area contributed by atoms with Crippen molar-refractivity contribution < 1.29 is 14.0 Å². The maximum atomic E-state index is 13.6. The molecule has 1 fully saturated rings. The fraction of sp³-hybridized carbons (Fsp3) is 0.500. The highest BCUT2D eigenvalue weighted by atomic mass is 19.1. The first kappa shape index (κ1) is 17.4. The average Bonchev–Trinajstić information content (AvgIpc) is 2.49. The van der Waals surface area contributed by atoms with Gasteiger partial charge in [-0.05, 0) is 18.1 Å². The van der Waals surface area contributed by atoms with Crippen LogP contribution in [-0.2, 0) is 16.0 Å². The highest BCUT2D eigenvalue weighted by Gasteiger charge is 2.23. The standard InChI is InChI=1S/C16H23FN4O2/c17-14-4-2-1-3-12(14)9-13(18)10-16(23)21-7-5-20(6-8-21)11-15(19)22/h1-4,13H,5-11,18H2,(H2,19,22)/t13-/m1/s1. The zero-order chi connectivity index (χ0) is 16.8. The van der Waals surface area contributed by atoms with Crippen LogP contribution in [0.15, 0.2) is 24.3 Å². The Kier molecular flexibility index (Phi) is 6.06. The summed E-state index contributed by atoms with van der Waals surface area (Å²) in [5.41, 5.74) is 11.7. The van der Waals surface area contributed by atoms with E-state index in [0.717, 1.165) is 0 Å². The van der Waals surface area contributed by atoms with Gasteiger partial charge in [-0.3, -0.25) is 14.5 Å². The molecule has 1 atom stereocenters. The topological polar surface area (TPSA) is 92.7 Å². The Bertz CT molecular complexity index is 559. The van der Waals surface area contributed by atoms with Crippen molar-refractivity contribution in [2.75, 3.05) is 32.7 Å². The van der Waals surface area contributed by atoms with Crippen LogP contribution < -0.4 is 11.5 Å². The molecule has 2 amide bonds. The molecule has 4 N–H and O–H groups in total. The summed E-state index contributed by atoms with van der Waals surface area (Å²) >= 11 is 0. The van der Waals surface area contributed by atoms with Crippen LogP contribution in [0, 0.1) is 5.82 Å². The average molecular weight is 322 g/mol. The van der Waals surface area contributed by atoms with Gasteiger partial charge in [0.1, 0.15) is 5.82 Å². The van der Waals surface area contributed by atoms with E-state index in [2.05, 4.69) is 0 Å². The third-order valence-corrected chi connectivity index (χ3v) is 3.98. The number of hydrogen-bond donors (Lipinski definition) is 2. The molecule has 2 rings (SSSR count). The third kappa shape index (κ3) is 5.30. The summed E-state index contributed by atoms with van der Waals surface area (Å²) in [4.78, 5) is 26.8. The van der Waals surface area contributed by atoms with E-state index >= 15 is 0 Å². The van der Waals surface area contributed by atoms with E-state index < -0.39 is 6.04 Å². The lowest BCUT2D eigenvalue weighted by atomic mass is 10.0. The summed E-state index contributed by atoms with van der Waals surface area (Å²) in [6.45, 7) is 2.57. The fourth-order valence-corrected chi connectivity index (χ4v) is 2.75. The van der Waals surface area contributed by atoms with Crippen molar-refractivity contribution in [2.24, 2.45) is 11.5 Å². The van der Waals surface area contributed by atoms with Gasteiger partial charge in [-0.25, -0.2) is 4.39 Å². The van der Waals surface area contributed by atoms with Gasteiger partial charge in [0.2, 0.25) is 11.8 Å². The molecule has 0 bridgehead atoms. The molecule has 1 saturated heterocycles. The number of primary amides is 1. The van der Waals surface area contributed by atoms with E-state index in [4.69, 9.17) is 11.5 Å². The molecule has 23 heavy (non-hydrogen) atoms. The summed E-state index contributed by atoms with van der Waals surface area (Å²) in [7, 11) is 0. The second-order valence-electron chi connectivity index (χ2n) is 5.88. The molecule has 126 valence electrons. The Labute approximate surface area is 135 Å². The predicted octanol–water partition coefficient (Wildman–Crippen LogP) is -0.285. The maximum Gasteiger partial charge on any atom is 0.231 e. The Morgan fingerprint density at radius 2 is 1.83 bits per heavy atom. The molecule has 7 heteroatoms. The first-order valence-electron chi connectivity index (χ1n) is 7.73. The molecular weight excluding hydrogens is 299 g/mol. The number of amides is 2. The lowest BCUT2D eigenvalue weighted by Crippen LogP contribution is -2.51. The van der Waals surface area contributed by atoms with Gasteiger partial charge in [0.25, 0.3) is 0 Å². The predicted molar refractivity (Wildman–Crippen MR) is 84.9 cm³/mol. The minimum atomic E-state index is -0.414. The second-order valence-corrected chi connectivity index (χ2v) is 5.88. The molecule has 1 heterocycles. The third-order valence-electron chi connectivity index (χ3n) is 3.98. The van der Waals surface area contributed by atoms with E-state index in [-0.39, 0.29) is 30.6 Å². The highest BCUT2D eigenvalue weighted by Crippen LogP contribution is 2.11. The maximum absolute atomic E-state index is 13.6. The normalized spacial score (nSPS) is 17.0. The minimum Gasteiger partial charge on any atom is -0.369 e. The van der Waals surface area contributed by atoms with Crippen molar-refractivity contribution in [2.45, 2.75) is 18.9 Å². The van der Waals surface area contributed by atoms with Gasteiger partial charge in [0.15, 0.2) is 0 Å². The van der Waals surface area contributed by atoms with E-state index in [1.807, 2.05) is 4.90 Å². The smallest absolute Gasteiger partial charge is 0.231 e. The molecular formula is C16H23FN4O2. The number of halogens is 1. The van der Waals surface area contributed by atoms with Crippen molar-refractivity contribution in [3.63, 3.8) is 0 Å². The van der Waals surface area contributed by atoms with E-state index in [9.17, 15) is 14.0 Å². The molecule has 6 nitrogen and oxygen atoms in total. The Hall–Kier alpha value is -1.99. The number of hydrogen-bond acceptors (Lipinski definition) is 4. The van der Waals surface area contributed by atoms with E-state index in [0.29, 0.717) is 38.2 Å². The molecule has 0 unspecified atom stereocenters. The number of nitrogens with zero attached hydrogens (tertiary/aromatic N) is 2. The lowest BCUT2D eigenvalue weighted by Gasteiger charge is -2.34. The first-order valence-corrected chi connectivity index (χ1v) is 7.73. The monoisotopic (exact) mass is 322 g/mol. The zero-order valence-corrected chi connectivity index (χ0v) is 13.1. The number of nitrogens with two attached hydrogens (primary N) is 2. The van der Waals surface area contributed by atoms with Gasteiger partial charge >= 0.3 is 0 Å². The van der Waals surface area contributed by atoms with Crippen LogP contribution in [0.5, 0.6) is 0 Å². The number of benzene rings is 1. The Morgan fingerprint density at radius 1 is 1.17 bits per heavy atom. The summed E-state index contributed by atoms with van der Waals surface area (Å²) in [6, 6.07) is 6.04. The Balaban J connectivity index is 1.78. The zero-order valence-electron chi connectivity index (χ0n) is 13.1. The molecule has 0 saturated carbocycles. The Morgan fingerprint density at radius 3 is 2.43 bits per heavy atom. The minimum absolute atomic E-state index is 0.0347. The molecule has 0 spiro atoms. The summed E-state index contributed by atoms with van der Waals surface area (Å²) in [5.74, 6) is -0.695. The van der Waals surface area contributed by atoms with E-state index in [1.165, 1.54) is 6.07 Å². The number of rotatable bonds is 6. The van der Waals surface area contributed by atoms with Crippen molar-refractivity contribution in [1.82, 2.24) is 9.80 Å². The lowest BCUT2D eigenvalue weighted by molar-refractivity contribution is -0.133. The quantitative estimate of drug-likeness (QED) is 0.753. The second kappa shape index (κ2) is 8.03. The molecule has 1 aromatic rings. The van der Waals surface area contributed by atoms with Crippen LogP contribution in [0.3, 0.4) is 0 Å². The molecule has 0 radical (unpaired) electrons. The van der Waals surface area contributed by atoms with Gasteiger partial charge < -0.3 is 16.4 Å². The van der Waals surface area contributed by atoms with Crippen LogP contribution in [-0.4, -0.2) is 60.4 Å². The van der Waals surface area contributed by atoms with Crippen molar-refractivity contribution in [3.8, 4) is 0 Å². The van der Waals surface area contributed by atoms with Gasteiger partial charge in [0, 0.05) is 38.6 Å². The summed E-state index contributed by atoms with van der Waals surface area (Å²) in [6.07, 6.45) is 0.518. The highest BCUT2D eigenvalue weighted by molar-refractivity contribution is 5.77. The molecule has 1 aliphatic heterocycles. The largest absolute Gasteiger partial charge is 0.369 e. The SMILES string of the molecule is NC(=O)CN1CCN(C(=O)C[C@H](N)Cc2ccccc2F)CC1. The number of piperazine rings is 1. The van der Waals surface area contributed by atoms with Gasteiger partial charge in [-0.15, -0.1) is 0 Å². The summed E-state index contributed by atoms with van der Waals surface area (Å²) in [5, 5.41) is 0. The van der Waals surface area contributed by atoms with Gasteiger partial charge in [-0.2, -0.15) is 0 Å². The first-order chi connectivity index (χ1) is 11.0. The number of carbonyl (C=O) groups is 2. The molecule has 1 aromatic carbocycles. The van der Waals surface area contributed by atoms with Crippen LogP contribution in [0.25, 0.3) is 0 Å². The van der Waals surface area contributed by atoms with Crippen LogP contribution in [0.2, 0.25) is 0 Å². The van der Waals surface area contributed by atoms with Gasteiger partial charge in [0.05, 0.1) is 6.54 Å². The van der Waals surface area contributed by atoms with Crippen molar-refractivity contribution in [3.05, 3.63) is 35.6 Å². The van der Waals surface area contributed by atoms with Crippen molar-refractivity contribution >= 4 is 11.8 Å². The van der Waals surface area contributed by atoms with E-state index in [1.54, 1.807) is 23.1 Å². The van der Waals surface area contributed by atoms with Crippen molar-refractivity contribution in [1.29, 1.82) is 0 Å². The number of carbonyl (C=O) groups excluding carboxylic acids is 2. The fourth-order valence-electron chi connectivity index (χ4n) is 2.75. The molecule has 0 aromatic heterocycles. The van der Waals surface area contributed by atoms with Crippen LogP contribution in [0.1, 0.15) is 12.0 Å². The molecule has 1 aliphatic rings. The van der Waals surface area contributed by atoms with Crippen LogP contribution >= 0.6 is 0 Å².